The SMILES string of the molecule is O=C(C1CCCCN1Cc1ccccc1)N1CCC(CO)(Cc2ccc(Cl)cc2)CC1. The standard InChI is InChI=1S/C26H33ClN2O2/c27-23-11-9-21(10-12-23)18-26(20-30)13-16-28(17-14-26)25(31)24-8-4-5-15-29(24)19-22-6-2-1-3-7-22/h1-3,6-7,9-12,24,30H,4-5,8,13-20H2. The van der Waals surface area contributed by atoms with Crippen LogP contribution in [0.2, 0.25) is 5.02 Å². The van der Waals surface area contributed by atoms with Crippen LogP contribution in [0.4, 0.5) is 0 Å². The minimum absolute atomic E-state index is 0.0214. The van der Waals surface area contributed by atoms with Crippen LogP contribution in [-0.4, -0.2) is 53.1 Å². The molecular formula is C26H33ClN2O2. The molecule has 1 unspecified atom stereocenters. The highest BCUT2D eigenvalue weighted by molar-refractivity contribution is 6.30. The lowest BCUT2D eigenvalue weighted by atomic mass is 9.74. The fourth-order valence-corrected chi connectivity index (χ4v) is 5.24. The van der Waals surface area contributed by atoms with Gasteiger partial charge in [0.1, 0.15) is 0 Å². The molecule has 0 aromatic heterocycles. The van der Waals surface area contributed by atoms with Gasteiger partial charge < -0.3 is 10.0 Å². The summed E-state index contributed by atoms with van der Waals surface area (Å²) in [6.45, 7) is 3.42. The molecule has 2 heterocycles. The Morgan fingerprint density at radius 1 is 0.968 bits per heavy atom. The van der Waals surface area contributed by atoms with Crippen molar-refractivity contribution in [3.8, 4) is 0 Å². The largest absolute Gasteiger partial charge is 0.396 e. The lowest BCUT2D eigenvalue weighted by Crippen LogP contribution is -2.54. The molecule has 0 radical (unpaired) electrons. The summed E-state index contributed by atoms with van der Waals surface area (Å²) in [6, 6.07) is 18.3. The van der Waals surface area contributed by atoms with Gasteiger partial charge in [-0.15, -0.1) is 0 Å². The monoisotopic (exact) mass is 440 g/mol. The van der Waals surface area contributed by atoms with Gasteiger partial charge in [-0.1, -0.05) is 60.5 Å². The van der Waals surface area contributed by atoms with E-state index in [0.29, 0.717) is 0 Å². The Balaban J connectivity index is 1.38. The highest BCUT2D eigenvalue weighted by Crippen LogP contribution is 2.36. The molecule has 2 aromatic carbocycles. The Kier molecular flexibility index (Phi) is 7.31. The van der Waals surface area contributed by atoms with Gasteiger partial charge in [-0.2, -0.15) is 0 Å². The van der Waals surface area contributed by atoms with Crippen molar-refractivity contribution in [1.29, 1.82) is 0 Å². The fraction of sp³-hybridized carbons (Fsp3) is 0.500. The number of carbonyl (C=O) groups is 1. The Morgan fingerprint density at radius 3 is 2.35 bits per heavy atom. The molecule has 2 aliphatic heterocycles. The van der Waals surface area contributed by atoms with E-state index in [2.05, 4.69) is 29.2 Å². The van der Waals surface area contributed by atoms with Crippen molar-refractivity contribution in [3.05, 3.63) is 70.7 Å². The summed E-state index contributed by atoms with van der Waals surface area (Å²) >= 11 is 6.02. The normalized spacial score (nSPS) is 21.7. The first-order valence-electron chi connectivity index (χ1n) is 11.5. The average molecular weight is 441 g/mol. The number of nitrogens with zero attached hydrogens (tertiary/aromatic N) is 2. The molecule has 1 N–H and O–H groups in total. The highest BCUT2D eigenvalue weighted by Gasteiger charge is 2.38. The number of halogens is 1. The molecule has 1 atom stereocenters. The second kappa shape index (κ2) is 10.2. The summed E-state index contributed by atoms with van der Waals surface area (Å²) in [5, 5.41) is 10.9. The Hall–Kier alpha value is -1.88. The number of aliphatic hydroxyl groups is 1. The summed E-state index contributed by atoms with van der Waals surface area (Å²) in [4.78, 5) is 17.9. The third kappa shape index (κ3) is 5.49. The molecular weight excluding hydrogens is 408 g/mol. The predicted molar refractivity (Wildman–Crippen MR) is 125 cm³/mol. The lowest BCUT2D eigenvalue weighted by Gasteiger charge is -2.44. The van der Waals surface area contributed by atoms with Crippen LogP contribution in [0.25, 0.3) is 0 Å². The zero-order chi connectivity index (χ0) is 21.7. The maximum Gasteiger partial charge on any atom is 0.239 e. The summed E-state index contributed by atoms with van der Waals surface area (Å²) in [5.74, 6) is 0.272. The van der Waals surface area contributed by atoms with Gasteiger partial charge >= 0.3 is 0 Å². The van der Waals surface area contributed by atoms with Crippen LogP contribution in [0, 0.1) is 5.41 Å². The molecule has 0 bridgehead atoms. The predicted octanol–water partition coefficient (Wildman–Crippen LogP) is 4.54. The molecule has 0 spiro atoms. The number of likely N-dealkylation sites (tertiary alicyclic amines) is 2. The molecule has 1 amide bonds. The smallest absolute Gasteiger partial charge is 0.239 e. The van der Waals surface area contributed by atoms with Gasteiger partial charge in [-0.25, -0.2) is 0 Å². The van der Waals surface area contributed by atoms with E-state index >= 15 is 0 Å². The van der Waals surface area contributed by atoms with E-state index in [1.165, 1.54) is 11.1 Å². The fourth-order valence-electron chi connectivity index (χ4n) is 5.12. The quantitative estimate of drug-likeness (QED) is 0.717. The number of hydrogen-bond acceptors (Lipinski definition) is 3. The van der Waals surface area contributed by atoms with Gasteiger partial charge in [0.05, 0.1) is 6.04 Å². The van der Waals surface area contributed by atoms with Crippen molar-refractivity contribution < 1.29 is 9.90 Å². The molecule has 2 aromatic rings. The number of rotatable bonds is 6. The number of piperidine rings is 2. The molecule has 4 rings (SSSR count). The molecule has 0 saturated carbocycles. The first-order valence-corrected chi connectivity index (χ1v) is 11.9. The number of hydrogen-bond donors (Lipinski definition) is 1. The molecule has 2 fully saturated rings. The lowest BCUT2D eigenvalue weighted by molar-refractivity contribution is -0.141. The van der Waals surface area contributed by atoms with Crippen molar-refractivity contribution in [3.63, 3.8) is 0 Å². The first kappa shape index (κ1) is 22.3. The highest BCUT2D eigenvalue weighted by atomic mass is 35.5. The molecule has 2 saturated heterocycles. The van der Waals surface area contributed by atoms with E-state index < -0.39 is 0 Å². The van der Waals surface area contributed by atoms with E-state index in [0.717, 1.165) is 69.7 Å². The second-order valence-corrected chi connectivity index (χ2v) is 9.69. The van der Waals surface area contributed by atoms with E-state index in [1.54, 1.807) is 0 Å². The molecule has 2 aliphatic rings. The van der Waals surface area contributed by atoms with E-state index in [1.807, 2.05) is 35.2 Å². The molecule has 4 nitrogen and oxygen atoms in total. The maximum atomic E-state index is 13.5. The average Bonchev–Trinajstić information content (AvgIpc) is 2.82. The number of carbonyl (C=O) groups excluding carboxylic acids is 1. The maximum absolute atomic E-state index is 13.5. The Morgan fingerprint density at radius 2 is 1.68 bits per heavy atom. The second-order valence-electron chi connectivity index (χ2n) is 9.25. The van der Waals surface area contributed by atoms with Gasteiger partial charge in [0.15, 0.2) is 0 Å². The summed E-state index contributed by atoms with van der Waals surface area (Å²) in [7, 11) is 0. The summed E-state index contributed by atoms with van der Waals surface area (Å²) < 4.78 is 0. The first-order chi connectivity index (χ1) is 15.1. The zero-order valence-corrected chi connectivity index (χ0v) is 18.9. The number of amides is 1. The van der Waals surface area contributed by atoms with Crippen LogP contribution in [0.3, 0.4) is 0 Å². The van der Waals surface area contributed by atoms with Crippen LogP contribution in [-0.2, 0) is 17.8 Å². The third-order valence-corrected chi connectivity index (χ3v) is 7.34. The van der Waals surface area contributed by atoms with Crippen LogP contribution in [0.1, 0.15) is 43.2 Å². The number of benzene rings is 2. The van der Waals surface area contributed by atoms with E-state index in [-0.39, 0.29) is 24.0 Å². The van der Waals surface area contributed by atoms with Crippen molar-refractivity contribution in [2.75, 3.05) is 26.2 Å². The van der Waals surface area contributed by atoms with Gasteiger partial charge in [-0.3, -0.25) is 9.69 Å². The topological polar surface area (TPSA) is 43.8 Å². The van der Waals surface area contributed by atoms with Crippen molar-refractivity contribution in [2.45, 2.75) is 51.1 Å². The van der Waals surface area contributed by atoms with Crippen LogP contribution in [0.5, 0.6) is 0 Å². The minimum atomic E-state index is -0.152. The zero-order valence-electron chi connectivity index (χ0n) is 18.2. The summed E-state index contributed by atoms with van der Waals surface area (Å²) in [6.07, 6.45) is 5.72. The minimum Gasteiger partial charge on any atom is -0.396 e. The Labute approximate surface area is 190 Å². The van der Waals surface area contributed by atoms with Gasteiger partial charge in [0, 0.05) is 36.7 Å². The summed E-state index contributed by atoms with van der Waals surface area (Å²) in [5.41, 5.74) is 2.31. The third-order valence-electron chi connectivity index (χ3n) is 7.09. The van der Waals surface area contributed by atoms with Crippen molar-refractivity contribution in [1.82, 2.24) is 9.80 Å². The van der Waals surface area contributed by atoms with Crippen molar-refractivity contribution in [2.24, 2.45) is 5.41 Å². The van der Waals surface area contributed by atoms with Crippen LogP contribution >= 0.6 is 11.6 Å². The molecule has 31 heavy (non-hydrogen) atoms. The van der Waals surface area contributed by atoms with Gasteiger partial charge in [0.2, 0.25) is 5.91 Å². The molecule has 166 valence electrons. The number of aliphatic hydroxyl groups excluding tert-OH is 1. The van der Waals surface area contributed by atoms with Crippen LogP contribution in [0.15, 0.2) is 54.6 Å². The molecule has 0 aliphatic carbocycles. The van der Waals surface area contributed by atoms with Crippen molar-refractivity contribution >= 4 is 17.5 Å². The van der Waals surface area contributed by atoms with Gasteiger partial charge in [0.25, 0.3) is 0 Å². The van der Waals surface area contributed by atoms with E-state index in [4.69, 9.17) is 11.6 Å². The van der Waals surface area contributed by atoms with Crippen LogP contribution < -0.4 is 0 Å². The van der Waals surface area contributed by atoms with E-state index in [9.17, 15) is 9.90 Å². The van der Waals surface area contributed by atoms with Gasteiger partial charge in [-0.05, 0) is 61.9 Å². The Bertz CT molecular complexity index is 847. The molecule has 5 heteroatoms.